The predicted octanol–water partition coefficient (Wildman–Crippen LogP) is 0.597. The summed E-state index contributed by atoms with van der Waals surface area (Å²) < 4.78 is 0. The van der Waals surface area contributed by atoms with Gasteiger partial charge >= 0.3 is 0 Å². The number of amides is 1. The van der Waals surface area contributed by atoms with Crippen molar-refractivity contribution in [2.75, 3.05) is 33.1 Å². The Morgan fingerprint density at radius 1 is 1.12 bits per heavy atom. The highest BCUT2D eigenvalue weighted by atomic mass is 35.5. The van der Waals surface area contributed by atoms with Crippen molar-refractivity contribution in [3.63, 3.8) is 0 Å². The summed E-state index contributed by atoms with van der Waals surface area (Å²) in [6.07, 6.45) is 0.101. The van der Waals surface area contributed by atoms with E-state index in [1.54, 1.807) is 25.1 Å². The normalized spacial score (nSPS) is 30.8. The molecule has 0 aliphatic heterocycles. The Labute approximate surface area is 200 Å². The van der Waals surface area contributed by atoms with E-state index in [0.717, 1.165) is 0 Å². The van der Waals surface area contributed by atoms with Gasteiger partial charge in [-0.3, -0.25) is 19.3 Å². The Morgan fingerprint density at radius 2 is 1.74 bits per heavy atom. The highest BCUT2D eigenvalue weighted by Crippen LogP contribution is 2.57. The average molecular weight is 492 g/mol. The fourth-order valence-corrected chi connectivity index (χ4v) is 5.93. The molecule has 0 unspecified atom stereocenters. The van der Waals surface area contributed by atoms with Crippen LogP contribution in [0.5, 0.6) is 5.75 Å². The average Bonchev–Trinajstić information content (AvgIpc) is 2.73. The topological polar surface area (TPSA) is 165 Å². The highest BCUT2D eigenvalue weighted by molar-refractivity contribution is 6.37. The van der Waals surface area contributed by atoms with E-state index < -0.39 is 57.0 Å². The van der Waals surface area contributed by atoms with Crippen LogP contribution in [0.3, 0.4) is 0 Å². The molecule has 11 heteroatoms. The van der Waals surface area contributed by atoms with Gasteiger partial charge in [-0.1, -0.05) is 11.6 Å². The van der Waals surface area contributed by atoms with Crippen LogP contribution < -0.4 is 10.6 Å². The third-order valence-electron chi connectivity index (χ3n) is 7.22. The summed E-state index contributed by atoms with van der Waals surface area (Å²) in [6, 6.07) is 3.06. The standard InChI is InChI=1S/C23H26ClN3O7/c1-26(2)11-5-6-12(28)15-10(11)7-9-8-13-22(34,18(30)14(9)17(15)29)19(31)16(21(25)33)20(32)23(13,24)27(3)4/h5-6,9,13,28-29,32,34H,7-8H2,1-4H3,(H2,25,33)/t9-,13-,22-,23+/m0/s1. The number of benzene rings is 1. The van der Waals surface area contributed by atoms with Crippen LogP contribution in [-0.2, 0) is 20.8 Å². The molecular formula is C23H26ClN3O7. The largest absolute Gasteiger partial charge is 0.508 e. The summed E-state index contributed by atoms with van der Waals surface area (Å²) in [5, 5.41) is 44.1. The van der Waals surface area contributed by atoms with Gasteiger partial charge in [0.1, 0.15) is 22.8 Å². The summed E-state index contributed by atoms with van der Waals surface area (Å²) in [6.45, 7) is 0. The molecule has 4 rings (SSSR count). The fraction of sp³-hybridized carbons (Fsp3) is 0.435. The number of hydrogen-bond acceptors (Lipinski definition) is 9. The Morgan fingerprint density at radius 3 is 2.26 bits per heavy atom. The number of fused-ring (bicyclic) bond motifs is 3. The van der Waals surface area contributed by atoms with E-state index in [4.69, 9.17) is 17.3 Å². The van der Waals surface area contributed by atoms with Crippen LogP contribution in [0, 0.1) is 11.8 Å². The number of nitrogens with zero attached hydrogens (tertiary/aromatic N) is 2. The molecule has 0 bridgehead atoms. The lowest BCUT2D eigenvalue weighted by molar-refractivity contribution is -0.164. The second-order valence-corrected chi connectivity index (χ2v) is 9.96. The molecule has 0 saturated heterocycles. The lowest BCUT2D eigenvalue weighted by Crippen LogP contribution is -2.70. The van der Waals surface area contributed by atoms with E-state index in [1.807, 2.05) is 0 Å². The second kappa shape index (κ2) is 7.46. The third kappa shape index (κ3) is 2.79. The molecule has 1 fully saturated rings. The number of aromatic hydroxyl groups is 1. The van der Waals surface area contributed by atoms with Crippen molar-refractivity contribution in [3.05, 3.63) is 40.2 Å². The van der Waals surface area contributed by atoms with Crippen molar-refractivity contribution in [3.8, 4) is 5.75 Å². The number of nitrogens with two attached hydrogens (primary N) is 1. The number of phenols is 1. The zero-order valence-corrected chi connectivity index (χ0v) is 19.8. The number of phenolic OH excluding ortho intramolecular Hbond substituents is 1. The van der Waals surface area contributed by atoms with Gasteiger partial charge in [0.2, 0.25) is 11.6 Å². The van der Waals surface area contributed by atoms with E-state index in [9.17, 15) is 34.8 Å². The first-order valence-electron chi connectivity index (χ1n) is 10.6. The third-order valence-corrected chi connectivity index (χ3v) is 8.00. The molecule has 1 aromatic carbocycles. The summed E-state index contributed by atoms with van der Waals surface area (Å²) in [5.74, 6) is -7.59. The molecule has 10 nitrogen and oxygen atoms in total. The number of Topliss-reactive ketones (excluding diaryl/α,β-unsaturated/α-hetero) is 2. The van der Waals surface area contributed by atoms with Crippen LogP contribution in [0.4, 0.5) is 5.69 Å². The number of aliphatic hydroxyl groups excluding tert-OH is 2. The predicted molar refractivity (Wildman–Crippen MR) is 123 cm³/mol. The number of primary amides is 1. The molecule has 0 radical (unpaired) electrons. The lowest BCUT2D eigenvalue weighted by atomic mass is 9.56. The number of likely N-dealkylation sites (N-methyl/N-ethyl adjacent to an activating group) is 1. The maximum absolute atomic E-state index is 13.7. The Kier molecular flexibility index (Phi) is 5.28. The van der Waals surface area contributed by atoms with Crippen LogP contribution in [0.1, 0.15) is 17.5 Å². The number of carbonyl (C=O) groups excluding carboxylic acids is 3. The first-order valence-corrected chi connectivity index (χ1v) is 11.0. The summed E-state index contributed by atoms with van der Waals surface area (Å²) in [5.41, 5.74) is 2.55. The quantitative estimate of drug-likeness (QED) is 0.176. The van der Waals surface area contributed by atoms with Gasteiger partial charge in [-0.15, -0.1) is 0 Å². The summed E-state index contributed by atoms with van der Waals surface area (Å²) in [4.78, 5) is 40.1. The van der Waals surface area contributed by atoms with Gasteiger partial charge in [-0.05, 0) is 50.6 Å². The van der Waals surface area contributed by atoms with Gasteiger partial charge in [-0.2, -0.15) is 0 Å². The minimum atomic E-state index is -2.87. The van der Waals surface area contributed by atoms with Crippen molar-refractivity contribution in [2.24, 2.45) is 17.6 Å². The van der Waals surface area contributed by atoms with Crippen LogP contribution in [-0.4, -0.2) is 81.6 Å². The number of aliphatic hydroxyl groups is 3. The Hall–Kier alpha value is -3.08. The zero-order chi connectivity index (χ0) is 25.5. The van der Waals surface area contributed by atoms with Crippen LogP contribution in [0.25, 0.3) is 5.76 Å². The molecule has 0 heterocycles. The van der Waals surface area contributed by atoms with Gasteiger partial charge in [0, 0.05) is 31.3 Å². The molecule has 3 aliphatic carbocycles. The highest BCUT2D eigenvalue weighted by Gasteiger charge is 2.69. The van der Waals surface area contributed by atoms with Crippen molar-refractivity contribution < 1.29 is 34.8 Å². The number of alkyl halides is 1. The van der Waals surface area contributed by atoms with E-state index in [2.05, 4.69) is 0 Å². The van der Waals surface area contributed by atoms with Crippen LogP contribution >= 0.6 is 11.6 Å². The Bertz CT molecular complexity index is 1220. The molecule has 34 heavy (non-hydrogen) atoms. The summed E-state index contributed by atoms with van der Waals surface area (Å²) >= 11 is 6.79. The maximum atomic E-state index is 13.7. The number of anilines is 1. The smallest absolute Gasteiger partial charge is 0.256 e. The first-order chi connectivity index (χ1) is 15.7. The molecular weight excluding hydrogens is 466 g/mol. The minimum absolute atomic E-state index is 0.0365. The molecule has 6 N–H and O–H groups in total. The van der Waals surface area contributed by atoms with Gasteiger partial charge in [-0.25, -0.2) is 0 Å². The molecule has 0 spiro atoms. The minimum Gasteiger partial charge on any atom is -0.508 e. The molecule has 1 amide bonds. The van der Waals surface area contributed by atoms with E-state index >= 15 is 0 Å². The molecule has 3 aliphatic rings. The molecule has 0 aromatic heterocycles. The van der Waals surface area contributed by atoms with Gasteiger partial charge in [0.15, 0.2) is 10.6 Å². The van der Waals surface area contributed by atoms with Crippen molar-refractivity contribution in [2.45, 2.75) is 23.4 Å². The van der Waals surface area contributed by atoms with Crippen molar-refractivity contribution in [1.29, 1.82) is 0 Å². The number of ketones is 2. The van der Waals surface area contributed by atoms with Crippen molar-refractivity contribution in [1.82, 2.24) is 4.90 Å². The van der Waals surface area contributed by atoms with Gasteiger partial charge in [0.05, 0.1) is 5.56 Å². The number of carbonyl (C=O) groups is 3. The number of hydrogen-bond donors (Lipinski definition) is 5. The summed E-state index contributed by atoms with van der Waals surface area (Å²) in [7, 11) is 6.50. The van der Waals surface area contributed by atoms with E-state index in [0.29, 0.717) is 11.3 Å². The second-order valence-electron chi connectivity index (χ2n) is 9.38. The molecule has 4 atom stereocenters. The fourth-order valence-electron chi connectivity index (χ4n) is 5.59. The SMILES string of the molecule is CN(C)c1ccc(O)c2c1C[C@H]1C[C@H]3[C@@](O)(C(=O)C(C(N)=O)=C(O)[C@]3(Cl)N(C)C)C(=O)C1=C2O. The maximum Gasteiger partial charge on any atom is 0.256 e. The lowest BCUT2D eigenvalue weighted by Gasteiger charge is -2.53. The van der Waals surface area contributed by atoms with Crippen LogP contribution in [0.15, 0.2) is 29.0 Å². The van der Waals surface area contributed by atoms with Gasteiger partial charge < -0.3 is 31.1 Å². The molecule has 1 aromatic rings. The first kappa shape index (κ1) is 24.1. The van der Waals surface area contributed by atoms with Crippen LogP contribution in [0.2, 0.25) is 0 Å². The van der Waals surface area contributed by atoms with Gasteiger partial charge in [0.25, 0.3) is 5.91 Å². The Balaban J connectivity index is 2.01. The molecule has 1 saturated carbocycles. The monoisotopic (exact) mass is 491 g/mol. The van der Waals surface area contributed by atoms with Crippen molar-refractivity contribution >= 4 is 40.5 Å². The number of halogens is 1. The zero-order valence-electron chi connectivity index (χ0n) is 19.1. The van der Waals surface area contributed by atoms with E-state index in [-0.39, 0.29) is 29.7 Å². The number of rotatable bonds is 3. The molecule has 182 valence electrons. The van der Waals surface area contributed by atoms with E-state index in [1.165, 1.54) is 25.1 Å².